The summed E-state index contributed by atoms with van der Waals surface area (Å²) in [6.07, 6.45) is 11.8. The fraction of sp³-hybridized carbons (Fsp3) is 0.500. The number of nitriles is 1. The average molecular weight is 497 g/mol. The third-order valence-electron chi connectivity index (χ3n) is 7.64. The number of hydrogen-bond donors (Lipinski definition) is 3. The number of nitrogens with one attached hydrogen (secondary N) is 3. The van der Waals surface area contributed by atoms with Gasteiger partial charge in [0.1, 0.15) is 11.2 Å². The molecule has 2 aliphatic carbocycles. The number of halogens is 2. The van der Waals surface area contributed by atoms with Crippen LogP contribution in [-0.4, -0.2) is 26.8 Å². The number of H-pyrrole nitrogens is 1. The van der Waals surface area contributed by atoms with Crippen molar-refractivity contribution < 1.29 is 4.39 Å². The summed E-state index contributed by atoms with van der Waals surface area (Å²) < 4.78 is 15.9. The van der Waals surface area contributed by atoms with Crippen molar-refractivity contribution in [2.24, 2.45) is 0 Å². The van der Waals surface area contributed by atoms with Gasteiger partial charge in [0, 0.05) is 24.0 Å². The van der Waals surface area contributed by atoms with Crippen LogP contribution < -0.4 is 16.2 Å². The second-order valence-electron chi connectivity index (χ2n) is 9.92. The largest absolute Gasteiger partial charge is 0.338 e. The van der Waals surface area contributed by atoms with E-state index in [0.717, 1.165) is 25.7 Å². The zero-order valence-corrected chi connectivity index (χ0v) is 20.4. The fourth-order valence-corrected chi connectivity index (χ4v) is 5.89. The van der Waals surface area contributed by atoms with Crippen LogP contribution in [0.5, 0.6) is 0 Å². The molecule has 3 N–H and O–H groups in total. The van der Waals surface area contributed by atoms with Gasteiger partial charge in [0.15, 0.2) is 5.82 Å². The molecule has 3 aromatic rings. The maximum Gasteiger partial charge on any atom is 0.261 e. The predicted octanol–water partition coefficient (Wildman–Crippen LogP) is 5.73. The Hall–Kier alpha value is -2.89. The van der Waals surface area contributed by atoms with Crippen LogP contribution in [0.2, 0.25) is 5.02 Å². The molecule has 2 heterocycles. The van der Waals surface area contributed by atoms with Gasteiger partial charge < -0.3 is 15.6 Å². The Morgan fingerprint density at radius 2 is 1.91 bits per heavy atom. The van der Waals surface area contributed by atoms with Crippen molar-refractivity contribution in [2.45, 2.75) is 81.8 Å². The zero-order valence-electron chi connectivity index (χ0n) is 19.6. The molecular formula is C26H30ClFN6O. The van der Waals surface area contributed by atoms with E-state index in [9.17, 15) is 14.4 Å². The SMILES string of the molecule is N#CC[C@]1(n2nc(Nc3ccc(Cl)c(F)c3)c3c(=O)[nH]ccc32)CC[C@H](NC2CCCCC2)CC1. The summed E-state index contributed by atoms with van der Waals surface area (Å²) in [7, 11) is 0. The molecule has 5 rings (SSSR count). The molecule has 9 heteroatoms. The first kappa shape index (κ1) is 23.8. The molecule has 0 spiro atoms. The lowest BCUT2D eigenvalue weighted by Gasteiger charge is -2.41. The lowest BCUT2D eigenvalue weighted by molar-refractivity contribution is 0.151. The normalized spacial score (nSPS) is 23.3. The quantitative estimate of drug-likeness (QED) is 0.404. The van der Waals surface area contributed by atoms with Gasteiger partial charge in [-0.25, -0.2) is 4.39 Å². The molecule has 0 radical (unpaired) electrons. The number of rotatable bonds is 6. The van der Waals surface area contributed by atoms with Crippen LogP contribution in [0.3, 0.4) is 0 Å². The Morgan fingerprint density at radius 1 is 1.17 bits per heavy atom. The van der Waals surface area contributed by atoms with Crippen LogP contribution in [0.25, 0.3) is 10.9 Å². The molecule has 184 valence electrons. The minimum Gasteiger partial charge on any atom is -0.338 e. The van der Waals surface area contributed by atoms with Gasteiger partial charge in [-0.15, -0.1) is 0 Å². The van der Waals surface area contributed by atoms with Crippen molar-refractivity contribution in [3.05, 3.63) is 51.7 Å². The van der Waals surface area contributed by atoms with E-state index in [1.165, 1.54) is 44.2 Å². The molecule has 0 saturated heterocycles. The van der Waals surface area contributed by atoms with Crippen LogP contribution in [0.15, 0.2) is 35.3 Å². The molecule has 0 aliphatic heterocycles. The van der Waals surface area contributed by atoms with Gasteiger partial charge in [-0.1, -0.05) is 30.9 Å². The predicted molar refractivity (Wildman–Crippen MR) is 136 cm³/mol. The monoisotopic (exact) mass is 496 g/mol. The summed E-state index contributed by atoms with van der Waals surface area (Å²) in [5, 5.41) is 21.9. The Morgan fingerprint density at radius 3 is 2.63 bits per heavy atom. The van der Waals surface area contributed by atoms with Gasteiger partial charge in [-0.05, 0) is 62.8 Å². The molecule has 0 unspecified atom stereocenters. The average Bonchev–Trinajstić information content (AvgIpc) is 3.24. The number of pyridine rings is 1. The Labute approximate surface area is 208 Å². The second-order valence-corrected chi connectivity index (χ2v) is 10.3. The highest BCUT2D eigenvalue weighted by Crippen LogP contribution is 2.41. The molecule has 2 aliphatic rings. The van der Waals surface area contributed by atoms with Crippen molar-refractivity contribution in [1.29, 1.82) is 5.26 Å². The number of nitrogens with zero attached hydrogens (tertiary/aromatic N) is 3. The molecular weight excluding hydrogens is 467 g/mol. The number of anilines is 2. The van der Waals surface area contributed by atoms with Crippen molar-refractivity contribution in [2.75, 3.05) is 5.32 Å². The molecule has 2 aromatic heterocycles. The molecule has 2 fully saturated rings. The molecule has 2 saturated carbocycles. The highest BCUT2D eigenvalue weighted by atomic mass is 35.5. The van der Waals surface area contributed by atoms with E-state index in [4.69, 9.17) is 16.7 Å². The minimum absolute atomic E-state index is 0.0235. The Balaban J connectivity index is 1.46. The number of hydrogen-bond acceptors (Lipinski definition) is 5. The van der Waals surface area contributed by atoms with Gasteiger partial charge in [-0.2, -0.15) is 10.4 Å². The molecule has 35 heavy (non-hydrogen) atoms. The van der Waals surface area contributed by atoms with Crippen molar-refractivity contribution >= 4 is 34.0 Å². The second kappa shape index (κ2) is 10.00. The molecule has 7 nitrogen and oxygen atoms in total. The van der Waals surface area contributed by atoms with Crippen LogP contribution in [0, 0.1) is 17.1 Å². The highest BCUT2D eigenvalue weighted by Gasteiger charge is 2.40. The highest BCUT2D eigenvalue weighted by molar-refractivity contribution is 6.30. The fourth-order valence-electron chi connectivity index (χ4n) is 5.77. The standard InChI is InChI=1S/C26H30ClFN6O/c27-20-7-6-19(16-21(20)28)32-24-23-22(10-15-30-25(23)35)34(33-24)26(13-14-29)11-8-18(9-12-26)31-17-4-2-1-3-5-17/h6-7,10,15-18,31H,1-5,8-9,11-13H2,(H,30,35)(H,32,33)/t18-,26-. The molecule has 1 aromatic carbocycles. The van der Waals surface area contributed by atoms with E-state index in [1.807, 2.05) is 10.7 Å². The summed E-state index contributed by atoms with van der Waals surface area (Å²) in [4.78, 5) is 15.5. The number of benzene rings is 1. The lowest BCUT2D eigenvalue weighted by Crippen LogP contribution is -2.46. The zero-order chi connectivity index (χ0) is 24.4. The first-order valence-electron chi connectivity index (χ1n) is 12.4. The minimum atomic E-state index is -0.556. The maximum absolute atomic E-state index is 14.0. The summed E-state index contributed by atoms with van der Waals surface area (Å²) in [6.45, 7) is 0. The van der Waals surface area contributed by atoms with Gasteiger partial charge in [-0.3, -0.25) is 9.48 Å². The summed E-state index contributed by atoms with van der Waals surface area (Å²) in [5.74, 6) is -0.220. The summed E-state index contributed by atoms with van der Waals surface area (Å²) >= 11 is 5.82. The topological polar surface area (TPSA) is 98.5 Å². The first-order valence-corrected chi connectivity index (χ1v) is 12.8. The van der Waals surface area contributed by atoms with Crippen molar-refractivity contribution in [1.82, 2.24) is 20.1 Å². The van der Waals surface area contributed by atoms with E-state index < -0.39 is 11.4 Å². The van der Waals surface area contributed by atoms with Gasteiger partial charge in [0.2, 0.25) is 0 Å². The molecule has 0 bridgehead atoms. The van der Waals surface area contributed by atoms with E-state index in [1.54, 1.807) is 12.3 Å². The van der Waals surface area contributed by atoms with Crippen LogP contribution in [0.1, 0.15) is 64.2 Å². The van der Waals surface area contributed by atoms with Crippen LogP contribution >= 0.6 is 11.6 Å². The van der Waals surface area contributed by atoms with E-state index in [0.29, 0.717) is 40.9 Å². The lowest BCUT2D eigenvalue weighted by atomic mass is 9.77. The molecule has 0 atom stereocenters. The van der Waals surface area contributed by atoms with Crippen LogP contribution in [0.4, 0.5) is 15.9 Å². The van der Waals surface area contributed by atoms with Gasteiger partial charge in [0.25, 0.3) is 5.56 Å². The molecule has 0 amide bonds. The van der Waals surface area contributed by atoms with Crippen molar-refractivity contribution in [3.63, 3.8) is 0 Å². The Bertz CT molecular complexity index is 1300. The summed E-state index contributed by atoms with van der Waals surface area (Å²) in [5.41, 5.74) is 0.318. The van der Waals surface area contributed by atoms with E-state index in [2.05, 4.69) is 21.7 Å². The first-order chi connectivity index (χ1) is 17.0. The van der Waals surface area contributed by atoms with Gasteiger partial charge >= 0.3 is 0 Å². The smallest absolute Gasteiger partial charge is 0.261 e. The Kier molecular flexibility index (Phi) is 6.81. The van der Waals surface area contributed by atoms with Gasteiger partial charge in [0.05, 0.1) is 28.6 Å². The maximum atomic E-state index is 14.0. The number of aromatic nitrogens is 3. The van der Waals surface area contributed by atoms with E-state index >= 15 is 0 Å². The number of fused-ring (bicyclic) bond motifs is 1. The van der Waals surface area contributed by atoms with Crippen LogP contribution in [-0.2, 0) is 5.54 Å². The third kappa shape index (κ3) is 4.80. The third-order valence-corrected chi connectivity index (χ3v) is 7.94. The van der Waals surface area contributed by atoms with E-state index in [-0.39, 0.29) is 10.6 Å². The van der Waals surface area contributed by atoms with Crippen molar-refractivity contribution in [3.8, 4) is 6.07 Å². The number of aromatic amines is 1. The summed E-state index contributed by atoms with van der Waals surface area (Å²) in [6, 6.07) is 9.60.